The number of carbonyl (C=O) groups excluding carboxylic acids is 2. The fraction of sp³-hybridized carbons (Fsp3) is 0.304. The molecule has 4 aliphatic rings. The molecule has 2 heteroatoms. The zero-order valence-electron chi connectivity index (χ0n) is 28.4. The molecule has 242 valence electrons. The molecular weight excluding hydrogens is 585 g/mol. The number of unbranched alkanes of at least 4 members (excludes halogenated alkanes) is 2. The van der Waals surface area contributed by atoms with Crippen molar-refractivity contribution in [1.82, 2.24) is 0 Å². The summed E-state index contributed by atoms with van der Waals surface area (Å²) in [5.74, 6) is 0.638. The number of Topliss-reactive ketones (excluding diaryl/α,β-unsaturated/α-hetero) is 2. The first-order valence-electron chi connectivity index (χ1n) is 18.0. The minimum absolute atomic E-state index is 0.293. The number of carbonyl (C=O) groups is 2. The first kappa shape index (κ1) is 32.0. The Morgan fingerprint density at radius 2 is 1.00 bits per heavy atom. The summed E-state index contributed by atoms with van der Waals surface area (Å²) in [6, 6.07) is 33.5. The maximum Gasteiger partial charge on any atom is 0.174 e. The molecule has 8 rings (SSSR count). The van der Waals surface area contributed by atoms with Crippen LogP contribution < -0.4 is 0 Å². The van der Waals surface area contributed by atoms with Gasteiger partial charge in [0.15, 0.2) is 11.6 Å². The highest BCUT2D eigenvalue weighted by atomic mass is 16.1. The summed E-state index contributed by atoms with van der Waals surface area (Å²) in [6.07, 6.45) is 18.8. The smallest absolute Gasteiger partial charge is 0.174 e. The third kappa shape index (κ3) is 5.46. The van der Waals surface area contributed by atoms with Crippen molar-refractivity contribution in [2.24, 2.45) is 10.8 Å². The van der Waals surface area contributed by atoms with Gasteiger partial charge in [0, 0.05) is 11.1 Å². The van der Waals surface area contributed by atoms with Crippen molar-refractivity contribution in [1.29, 1.82) is 0 Å². The lowest BCUT2D eigenvalue weighted by molar-refractivity contribution is 0.0870. The number of hydrogen-bond acceptors (Lipinski definition) is 2. The normalized spacial score (nSPS) is 21.7. The van der Waals surface area contributed by atoms with Crippen LogP contribution in [0.25, 0.3) is 11.1 Å². The van der Waals surface area contributed by atoms with Gasteiger partial charge < -0.3 is 0 Å². The largest absolute Gasteiger partial charge is 0.293 e. The summed E-state index contributed by atoms with van der Waals surface area (Å²) in [6.45, 7) is 4.36. The number of fused-ring (bicyclic) bond motifs is 4. The monoisotopic (exact) mass is 630 g/mol. The molecule has 0 saturated heterocycles. The van der Waals surface area contributed by atoms with Crippen molar-refractivity contribution >= 4 is 22.7 Å². The van der Waals surface area contributed by atoms with Crippen molar-refractivity contribution in [3.8, 4) is 0 Å². The molecule has 4 aliphatic carbocycles. The molecule has 48 heavy (non-hydrogen) atoms. The topological polar surface area (TPSA) is 34.1 Å². The van der Waals surface area contributed by atoms with E-state index in [4.69, 9.17) is 0 Å². The second kappa shape index (κ2) is 13.5. The first-order valence-corrected chi connectivity index (χ1v) is 18.0. The summed E-state index contributed by atoms with van der Waals surface area (Å²) < 4.78 is 0. The summed E-state index contributed by atoms with van der Waals surface area (Å²) in [7, 11) is 0. The van der Waals surface area contributed by atoms with Gasteiger partial charge in [0.05, 0.1) is 10.8 Å². The minimum Gasteiger partial charge on any atom is -0.293 e. The van der Waals surface area contributed by atoms with E-state index in [1.807, 2.05) is 30.3 Å². The van der Waals surface area contributed by atoms with Crippen LogP contribution in [0.2, 0.25) is 0 Å². The van der Waals surface area contributed by atoms with Gasteiger partial charge in [0.1, 0.15) is 0 Å². The molecule has 0 spiro atoms. The Labute approximate surface area is 286 Å². The lowest BCUT2D eigenvalue weighted by Gasteiger charge is -2.30. The van der Waals surface area contributed by atoms with Gasteiger partial charge in [-0.05, 0) is 89.5 Å². The standard InChI is InChI=1S/C23H24O.C23H22O/c2*1-2-3-8-15-23(16-18-10-5-7-12-20(18)22(23)24)21-14-13-17-9-4-6-11-19(17)21/h4-7,9-12,14H,2-3,8,13,15-16H2,1H3;3-12,14H,2,13,15-16H2,1H3/b;8-3+. The molecule has 0 N–H and O–H groups in total. The van der Waals surface area contributed by atoms with Crippen molar-refractivity contribution in [3.63, 3.8) is 0 Å². The van der Waals surface area contributed by atoms with Crippen LogP contribution in [0.1, 0.15) is 106 Å². The van der Waals surface area contributed by atoms with E-state index in [2.05, 4.69) is 105 Å². The molecule has 0 bridgehead atoms. The van der Waals surface area contributed by atoms with Crippen LogP contribution in [0.4, 0.5) is 0 Å². The molecule has 0 saturated carbocycles. The van der Waals surface area contributed by atoms with E-state index < -0.39 is 5.41 Å². The van der Waals surface area contributed by atoms with Gasteiger partial charge in [-0.3, -0.25) is 9.59 Å². The summed E-state index contributed by atoms with van der Waals surface area (Å²) in [5, 5.41) is 0. The van der Waals surface area contributed by atoms with Crippen LogP contribution in [-0.4, -0.2) is 11.6 Å². The molecule has 0 fully saturated rings. The Kier molecular flexibility index (Phi) is 9.01. The van der Waals surface area contributed by atoms with Gasteiger partial charge in [-0.25, -0.2) is 0 Å². The Morgan fingerprint density at radius 3 is 1.52 bits per heavy atom. The first-order chi connectivity index (χ1) is 23.5. The highest BCUT2D eigenvalue weighted by Crippen LogP contribution is 2.53. The van der Waals surface area contributed by atoms with Gasteiger partial charge in [-0.2, -0.15) is 0 Å². The van der Waals surface area contributed by atoms with E-state index >= 15 is 0 Å². The van der Waals surface area contributed by atoms with Crippen molar-refractivity contribution < 1.29 is 9.59 Å². The van der Waals surface area contributed by atoms with Crippen LogP contribution in [-0.2, 0) is 25.7 Å². The Hall–Kier alpha value is -4.56. The summed E-state index contributed by atoms with van der Waals surface area (Å²) in [4.78, 5) is 26.9. The molecule has 4 aromatic carbocycles. The average Bonchev–Trinajstić information content (AvgIpc) is 3.88. The second-order valence-corrected chi connectivity index (χ2v) is 14.0. The average molecular weight is 631 g/mol. The lowest BCUT2D eigenvalue weighted by Crippen LogP contribution is -2.29. The highest BCUT2D eigenvalue weighted by molar-refractivity contribution is 6.13. The van der Waals surface area contributed by atoms with E-state index in [9.17, 15) is 9.59 Å². The third-order valence-electron chi connectivity index (χ3n) is 11.2. The predicted octanol–water partition coefficient (Wildman–Crippen LogP) is 11.0. The molecule has 0 aliphatic heterocycles. The maximum absolute atomic E-state index is 13.5. The fourth-order valence-electron chi connectivity index (χ4n) is 8.77. The van der Waals surface area contributed by atoms with Crippen LogP contribution in [0.5, 0.6) is 0 Å². The van der Waals surface area contributed by atoms with E-state index in [1.54, 1.807) is 0 Å². The van der Waals surface area contributed by atoms with E-state index in [1.165, 1.54) is 57.4 Å². The molecular formula is C46H46O2. The van der Waals surface area contributed by atoms with Crippen LogP contribution >= 0.6 is 0 Å². The molecule has 2 nitrogen and oxygen atoms in total. The number of benzene rings is 4. The van der Waals surface area contributed by atoms with Crippen molar-refractivity contribution in [3.05, 3.63) is 166 Å². The lowest BCUT2D eigenvalue weighted by atomic mass is 9.71. The fourth-order valence-corrected chi connectivity index (χ4v) is 8.77. The number of ketones is 2. The predicted molar refractivity (Wildman–Crippen MR) is 198 cm³/mol. The molecule has 2 atom stereocenters. The van der Waals surface area contributed by atoms with Crippen LogP contribution in [0.15, 0.2) is 121 Å². The molecule has 4 aromatic rings. The van der Waals surface area contributed by atoms with E-state index in [0.717, 1.165) is 62.5 Å². The maximum atomic E-state index is 13.5. The molecule has 2 unspecified atom stereocenters. The summed E-state index contributed by atoms with van der Waals surface area (Å²) >= 11 is 0. The van der Waals surface area contributed by atoms with Crippen LogP contribution in [0.3, 0.4) is 0 Å². The van der Waals surface area contributed by atoms with Gasteiger partial charge in [-0.1, -0.05) is 154 Å². The second-order valence-electron chi connectivity index (χ2n) is 14.0. The van der Waals surface area contributed by atoms with Crippen molar-refractivity contribution in [2.75, 3.05) is 0 Å². The highest BCUT2D eigenvalue weighted by Gasteiger charge is 2.49. The van der Waals surface area contributed by atoms with Crippen molar-refractivity contribution in [2.45, 2.75) is 78.1 Å². The van der Waals surface area contributed by atoms with Gasteiger partial charge >= 0.3 is 0 Å². The zero-order chi connectivity index (χ0) is 33.1. The molecule has 0 heterocycles. The quantitative estimate of drug-likeness (QED) is 0.136. The summed E-state index contributed by atoms with van der Waals surface area (Å²) in [5.41, 5.74) is 11.3. The Bertz CT molecular complexity index is 1950. The van der Waals surface area contributed by atoms with Crippen LogP contribution in [0, 0.1) is 10.8 Å². The molecule has 0 amide bonds. The molecule has 0 radical (unpaired) electrons. The van der Waals surface area contributed by atoms with E-state index in [-0.39, 0.29) is 5.41 Å². The molecule has 0 aromatic heterocycles. The zero-order valence-corrected chi connectivity index (χ0v) is 28.4. The Morgan fingerprint density at radius 1 is 0.542 bits per heavy atom. The minimum atomic E-state index is -0.429. The van der Waals surface area contributed by atoms with Gasteiger partial charge in [-0.15, -0.1) is 0 Å². The number of allylic oxidation sites excluding steroid dienone is 6. The van der Waals surface area contributed by atoms with Gasteiger partial charge in [0.2, 0.25) is 0 Å². The third-order valence-corrected chi connectivity index (χ3v) is 11.2. The number of rotatable bonds is 9. The van der Waals surface area contributed by atoms with E-state index in [0.29, 0.717) is 11.6 Å². The Balaban J connectivity index is 0.000000152. The van der Waals surface area contributed by atoms with Gasteiger partial charge in [0.25, 0.3) is 0 Å². The number of hydrogen-bond donors (Lipinski definition) is 0. The SMILES string of the molecule is CC/C=C/CC1(C2=CCc3ccccc32)Cc2ccccc2C1=O.CCCCCC1(C2=CCc3ccccc32)Cc2ccccc2C1=O.